The molecule has 0 aliphatic carbocycles. The molecule has 0 radical (unpaired) electrons. The van der Waals surface area contributed by atoms with Gasteiger partial charge in [0, 0.05) is 13.1 Å². The second-order valence-corrected chi connectivity index (χ2v) is 2.78. The van der Waals surface area contributed by atoms with Gasteiger partial charge in [-0.3, -0.25) is 18.9 Å². The van der Waals surface area contributed by atoms with Crippen molar-refractivity contribution >= 4 is 31.3 Å². The van der Waals surface area contributed by atoms with E-state index in [9.17, 15) is 0 Å². The topological polar surface area (TPSA) is 89.4 Å². The summed E-state index contributed by atoms with van der Waals surface area (Å²) in [6.07, 6.45) is 4.50. The second kappa shape index (κ2) is 42.8. The molecule has 20 heavy (non-hydrogen) atoms. The molecule has 0 aromatic carbocycles. The fraction of sp³-hybridized carbons (Fsp3) is 0.750. The third-order valence-electron chi connectivity index (χ3n) is 1.37. The minimum Gasteiger partial charge on any atom is -0.660 e. The Balaban J connectivity index is -0.0000000586. The molecule has 0 spiro atoms. The summed E-state index contributed by atoms with van der Waals surface area (Å²) in [5.74, 6) is 0. The first-order valence-electron chi connectivity index (χ1n) is 5.66. The molecule has 1 aliphatic rings. The Morgan fingerprint density at radius 2 is 1.00 bits per heavy atom. The van der Waals surface area contributed by atoms with Gasteiger partial charge in [-0.05, 0) is 13.1 Å². The Hall–Kier alpha value is -0.106. The van der Waals surface area contributed by atoms with Gasteiger partial charge in [0.15, 0.2) is 0 Å². The van der Waals surface area contributed by atoms with Crippen LogP contribution >= 0.6 is 12.4 Å². The van der Waals surface area contributed by atoms with E-state index in [1.165, 1.54) is 39.6 Å². The quantitative estimate of drug-likeness (QED) is 0.489. The SMILES string of the molecule is C1CNCCNCC[N-]1.C[C-]=O.C[C-]=O.C[C-]=O.Cl.[Ti+4]. The van der Waals surface area contributed by atoms with Gasteiger partial charge in [0.2, 0.25) is 0 Å². The maximum atomic E-state index is 8.68. The van der Waals surface area contributed by atoms with Crippen LogP contribution in [0, 0.1) is 0 Å². The fourth-order valence-corrected chi connectivity index (χ4v) is 0.855. The molecular weight excluding hydrogens is 317 g/mol. The first-order valence-corrected chi connectivity index (χ1v) is 5.66. The number of nitrogens with zero attached hydrogens (tertiary/aromatic N) is 1. The van der Waals surface area contributed by atoms with Gasteiger partial charge in [0.05, 0.1) is 0 Å². The van der Waals surface area contributed by atoms with Gasteiger partial charge in [-0.15, -0.1) is 25.5 Å². The molecule has 1 fully saturated rings. The molecule has 0 saturated carbocycles. The van der Waals surface area contributed by atoms with Crippen LogP contribution in [-0.2, 0) is 36.1 Å². The summed E-state index contributed by atoms with van der Waals surface area (Å²) >= 11 is 0. The smallest absolute Gasteiger partial charge is 0.660 e. The molecule has 1 heterocycles. The number of carbonyl (C=O) groups excluding carboxylic acids is 3. The van der Waals surface area contributed by atoms with E-state index in [0.717, 1.165) is 39.3 Å². The molecule has 1 aliphatic heterocycles. The predicted molar refractivity (Wildman–Crippen MR) is 80.2 cm³/mol. The number of halogens is 1. The molecule has 0 amide bonds. The van der Waals surface area contributed by atoms with E-state index in [1.807, 2.05) is 0 Å². The van der Waals surface area contributed by atoms with Crippen LogP contribution in [0.5, 0.6) is 0 Å². The minimum atomic E-state index is 0. The maximum absolute atomic E-state index is 8.68. The van der Waals surface area contributed by atoms with Gasteiger partial charge in [-0.25, -0.2) is 0 Å². The summed E-state index contributed by atoms with van der Waals surface area (Å²) in [5, 5.41) is 10.8. The third kappa shape index (κ3) is 64.6. The molecule has 2 N–H and O–H groups in total. The van der Waals surface area contributed by atoms with Gasteiger partial charge >= 0.3 is 21.7 Å². The van der Waals surface area contributed by atoms with Crippen molar-refractivity contribution in [3.05, 3.63) is 5.32 Å². The summed E-state index contributed by atoms with van der Waals surface area (Å²) in [6.45, 7) is 10.2. The Kier molecular flexibility index (Phi) is 68.5. The summed E-state index contributed by atoms with van der Waals surface area (Å²) in [5.41, 5.74) is 0. The van der Waals surface area contributed by atoms with E-state index < -0.39 is 0 Å². The molecule has 0 unspecified atom stereocenters. The number of hydrogen-bond acceptors (Lipinski definition) is 5. The molecule has 0 bridgehead atoms. The van der Waals surface area contributed by atoms with Crippen molar-refractivity contribution in [2.75, 3.05) is 39.3 Å². The van der Waals surface area contributed by atoms with Crippen molar-refractivity contribution in [2.24, 2.45) is 0 Å². The Labute approximate surface area is 143 Å². The Bertz CT molecular complexity index is 135. The first-order chi connectivity index (χ1) is 8.74. The molecule has 6 nitrogen and oxygen atoms in total. The van der Waals surface area contributed by atoms with Crippen LogP contribution < -0.4 is 10.6 Å². The van der Waals surface area contributed by atoms with Crippen molar-refractivity contribution in [3.8, 4) is 0 Å². The molecule has 8 heteroatoms. The number of nitrogens with one attached hydrogen (secondary N) is 2. The van der Waals surface area contributed by atoms with Crippen LogP contribution in [0.4, 0.5) is 0 Å². The van der Waals surface area contributed by atoms with Crippen LogP contribution in [0.1, 0.15) is 20.8 Å². The normalized spacial score (nSPS) is 12.8. The van der Waals surface area contributed by atoms with Gasteiger partial charge in [-0.1, -0.05) is 0 Å². The van der Waals surface area contributed by atoms with Gasteiger partial charge in [-0.2, -0.15) is 20.8 Å². The predicted octanol–water partition coefficient (Wildman–Crippen LogP) is 0.320. The van der Waals surface area contributed by atoms with E-state index in [-0.39, 0.29) is 34.1 Å². The van der Waals surface area contributed by atoms with Gasteiger partial charge in [0.25, 0.3) is 0 Å². The summed E-state index contributed by atoms with van der Waals surface area (Å²) in [6, 6.07) is 0. The summed E-state index contributed by atoms with van der Waals surface area (Å²) in [7, 11) is 0. The van der Waals surface area contributed by atoms with Gasteiger partial charge < -0.3 is 30.3 Å². The molecular formula is C12H24ClN3O3Ti. The molecule has 0 aromatic heterocycles. The van der Waals surface area contributed by atoms with E-state index in [1.54, 1.807) is 0 Å². The standard InChI is InChI=1S/C6H14N3.3C2H3O.ClH.Ti/c1-2-8-5-6-9-4-3-7-1;3*1-2-3;;/h7-8H,1-6H2;3*1H3;1H;/q4*-1;;+4. The monoisotopic (exact) mass is 341 g/mol. The van der Waals surface area contributed by atoms with Crippen LogP contribution in [0.3, 0.4) is 0 Å². The van der Waals surface area contributed by atoms with E-state index in [2.05, 4.69) is 16.0 Å². The average Bonchev–Trinajstić information content (AvgIpc) is 2.47. The van der Waals surface area contributed by atoms with Crippen LogP contribution in [0.25, 0.3) is 5.32 Å². The van der Waals surface area contributed by atoms with E-state index >= 15 is 0 Å². The van der Waals surface area contributed by atoms with E-state index in [4.69, 9.17) is 14.4 Å². The van der Waals surface area contributed by atoms with Crippen molar-refractivity contribution in [2.45, 2.75) is 20.8 Å². The maximum Gasteiger partial charge on any atom is 4.00 e. The van der Waals surface area contributed by atoms with Crippen molar-refractivity contribution < 1.29 is 36.1 Å². The summed E-state index contributed by atoms with van der Waals surface area (Å²) in [4.78, 5) is 26.0. The molecule has 0 atom stereocenters. The van der Waals surface area contributed by atoms with Crippen molar-refractivity contribution in [3.63, 3.8) is 0 Å². The minimum absolute atomic E-state index is 0. The molecule has 116 valence electrons. The van der Waals surface area contributed by atoms with Crippen molar-refractivity contribution in [1.29, 1.82) is 0 Å². The van der Waals surface area contributed by atoms with Crippen LogP contribution in [0.15, 0.2) is 0 Å². The first kappa shape index (κ1) is 32.0. The fourth-order valence-electron chi connectivity index (χ4n) is 0.855. The third-order valence-corrected chi connectivity index (χ3v) is 1.37. The van der Waals surface area contributed by atoms with E-state index in [0.29, 0.717) is 0 Å². The van der Waals surface area contributed by atoms with Gasteiger partial charge in [0.1, 0.15) is 0 Å². The Morgan fingerprint density at radius 1 is 0.750 bits per heavy atom. The number of hydrogen-bond donors (Lipinski definition) is 2. The molecule has 1 rings (SSSR count). The van der Waals surface area contributed by atoms with Crippen molar-refractivity contribution in [1.82, 2.24) is 10.6 Å². The van der Waals surface area contributed by atoms with Crippen LogP contribution in [-0.4, -0.2) is 58.1 Å². The molecule has 0 aromatic rings. The van der Waals surface area contributed by atoms with Crippen LogP contribution in [0.2, 0.25) is 0 Å². The largest absolute Gasteiger partial charge is 4.00 e. The number of rotatable bonds is 0. The zero-order valence-electron chi connectivity index (χ0n) is 12.3. The second-order valence-electron chi connectivity index (χ2n) is 2.78. The Morgan fingerprint density at radius 3 is 1.25 bits per heavy atom. The zero-order chi connectivity index (χ0) is 14.5. The molecule has 1 saturated heterocycles. The average molecular weight is 342 g/mol. The zero-order valence-corrected chi connectivity index (χ0v) is 14.7. The summed E-state index contributed by atoms with van der Waals surface area (Å²) < 4.78 is 0.